The molecule has 0 nitrogen and oxygen atoms in total. The van der Waals surface area contributed by atoms with E-state index in [4.69, 9.17) is 22.2 Å². The molecule has 0 amide bonds. The van der Waals surface area contributed by atoms with Gasteiger partial charge in [-0.25, -0.2) is 0 Å². The van der Waals surface area contributed by atoms with Crippen LogP contribution in [0.4, 0.5) is 0 Å². The van der Waals surface area contributed by atoms with Crippen LogP contribution >= 0.6 is 22.2 Å². The van der Waals surface area contributed by atoms with Crippen LogP contribution in [0.25, 0.3) is 0 Å². The second-order valence-electron chi connectivity index (χ2n) is 0.101. The summed E-state index contributed by atoms with van der Waals surface area (Å²) >= 11 is 9.81. The Morgan fingerprint density at radius 2 is 1.25 bits per heavy atom. The molecule has 0 aromatic rings. The molecule has 0 heterocycles. The van der Waals surface area contributed by atoms with Gasteiger partial charge in [-0.05, 0) is 0 Å². The zero-order valence-electron chi connectivity index (χ0n) is 1.46. The van der Waals surface area contributed by atoms with Crippen LogP contribution in [-0.4, -0.2) is 16.6 Å². The molecule has 0 radical (unpaired) electrons. The van der Waals surface area contributed by atoms with Crippen molar-refractivity contribution in [2.75, 3.05) is 0 Å². The van der Waals surface area contributed by atoms with Crippen molar-refractivity contribution in [2.24, 2.45) is 0 Å². The van der Waals surface area contributed by atoms with Crippen molar-refractivity contribution in [3.8, 4) is 0 Å². The van der Waals surface area contributed by atoms with Gasteiger partial charge in [0, 0.05) is 0 Å². The Kier molecular flexibility index (Phi) is 20.2. The molecule has 0 bridgehead atoms. The van der Waals surface area contributed by atoms with Crippen molar-refractivity contribution in [1.29, 1.82) is 0 Å². The lowest BCUT2D eigenvalue weighted by molar-refractivity contribution is 4.39. The minimum absolute atomic E-state index is 0. The summed E-state index contributed by atoms with van der Waals surface area (Å²) in [6.07, 6.45) is 0. The quantitative estimate of drug-likeness (QED) is 0.288. The molecule has 0 saturated heterocycles. The zero-order chi connectivity index (χ0) is 2.71. The highest BCUT2D eigenvalue weighted by atomic mass is 35.7. The van der Waals surface area contributed by atoms with Gasteiger partial charge in [-0.1, -0.05) is 0 Å². The van der Waals surface area contributed by atoms with Gasteiger partial charge < -0.3 is 0 Å². The number of hydrogen-bond acceptors (Lipinski definition) is 0. The smallest absolute Gasteiger partial charge is 0.155 e. The van der Waals surface area contributed by atoms with E-state index in [-0.39, 0.29) is 8.41 Å². The predicted molar refractivity (Wildman–Crippen MR) is 30.2 cm³/mol. The van der Waals surface area contributed by atoms with E-state index >= 15 is 0 Å². The van der Waals surface area contributed by atoms with Gasteiger partial charge in [0.2, 0.25) is 8.14 Å². The van der Waals surface area contributed by atoms with Crippen molar-refractivity contribution < 1.29 is 0 Å². The number of rotatable bonds is 0. The highest BCUT2D eigenvalue weighted by molar-refractivity contribution is 7.22. The Balaban J connectivity index is 0. The summed E-state index contributed by atoms with van der Waals surface area (Å²) in [5.74, 6) is 0. The van der Waals surface area contributed by atoms with E-state index in [9.17, 15) is 0 Å². The summed E-state index contributed by atoms with van der Waals surface area (Å²) in [4.78, 5) is 0. The fourth-order valence-corrected chi connectivity index (χ4v) is 0. The molecule has 0 saturated carbocycles. The van der Waals surface area contributed by atoms with Crippen LogP contribution in [0.1, 0.15) is 0 Å². The second kappa shape index (κ2) is 9.12. The van der Waals surface area contributed by atoms with Gasteiger partial charge in [0.05, 0.1) is 8.41 Å². The maximum absolute atomic E-state index is 4.90. The number of halogens is 2. The van der Waals surface area contributed by atoms with Crippen molar-refractivity contribution in [1.82, 2.24) is 0 Å². The van der Waals surface area contributed by atoms with Crippen LogP contribution in [0.3, 0.4) is 0 Å². The Hall–Kier alpha value is 0.862. The van der Waals surface area contributed by atoms with Gasteiger partial charge >= 0.3 is 0 Å². The number of hydrogen-bond donors (Lipinski definition) is 0. The summed E-state index contributed by atoms with van der Waals surface area (Å²) in [6, 6.07) is 0. The zero-order valence-corrected chi connectivity index (χ0v) is 4.39. The summed E-state index contributed by atoms with van der Waals surface area (Å²) in [6.45, 7) is 0. The van der Waals surface area contributed by atoms with Crippen LogP contribution in [0, 0.1) is 0 Å². The molecule has 0 rings (SSSR count). The molecule has 0 unspecified atom stereocenters. The highest BCUT2D eigenvalue weighted by Gasteiger charge is 1.46. The standard InChI is InChI=1S/BH3.Cl2H2Si/c;1-3-2/h1H3;3H2. The summed E-state index contributed by atoms with van der Waals surface area (Å²) < 4.78 is 0. The maximum atomic E-state index is 4.90. The molecule has 4 heteroatoms. The molecule has 0 spiro atoms. The third kappa shape index (κ3) is 13.4. The van der Waals surface area contributed by atoms with E-state index in [2.05, 4.69) is 0 Å². The molecular formula is H5BCl2Si. The molecule has 4 heavy (non-hydrogen) atoms. The van der Waals surface area contributed by atoms with Crippen LogP contribution in [0.2, 0.25) is 0 Å². The summed E-state index contributed by atoms with van der Waals surface area (Å²) in [5, 5.41) is 0. The molecule has 0 N–H and O–H groups in total. The highest BCUT2D eigenvalue weighted by Crippen LogP contribution is 1.67. The minimum atomic E-state index is -0.639. The van der Waals surface area contributed by atoms with E-state index in [1.165, 1.54) is 0 Å². The Morgan fingerprint density at radius 3 is 1.25 bits per heavy atom. The van der Waals surface area contributed by atoms with Crippen molar-refractivity contribution in [3.63, 3.8) is 0 Å². The van der Waals surface area contributed by atoms with Gasteiger partial charge in [-0.2, -0.15) is 22.2 Å². The van der Waals surface area contributed by atoms with Crippen LogP contribution in [0.5, 0.6) is 0 Å². The maximum Gasteiger partial charge on any atom is 0.222 e. The van der Waals surface area contributed by atoms with Crippen LogP contribution in [-0.2, 0) is 0 Å². The van der Waals surface area contributed by atoms with Gasteiger partial charge in [0.25, 0.3) is 0 Å². The average Bonchev–Trinajstić information content (AvgIpc) is 0.918. The molecule has 0 aliphatic heterocycles. The van der Waals surface area contributed by atoms with Crippen LogP contribution in [0.15, 0.2) is 0 Å². The van der Waals surface area contributed by atoms with Crippen molar-refractivity contribution >= 4 is 38.7 Å². The largest absolute Gasteiger partial charge is 0.222 e. The molecular weight excluding hydrogens is 110 g/mol. The molecule has 0 atom stereocenters. The Labute approximate surface area is 39.3 Å². The lowest BCUT2D eigenvalue weighted by atomic mass is 10.8. The third-order valence-corrected chi connectivity index (χ3v) is 0. The molecule has 0 aliphatic carbocycles. The monoisotopic (exact) mass is 114 g/mol. The Morgan fingerprint density at radius 1 is 1.25 bits per heavy atom. The van der Waals surface area contributed by atoms with Crippen molar-refractivity contribution in [2.45, 2.75) is 0 Å². The molecule has 0 aromatic carbocycles. The van der Waals surface area contributed by atoms with E-state index < -0.39 is 8.14 Å². The minimum Gasteiger partial charge on any atom is -0.155 e. The summed E-state index contributed by atoms with van der Waals surface area (Å²) in [7, 11) is -0.639. The first kappa shape index (κ1) is 8.85. The van der Waals surface area contributed by atoms with E-state index in [0.29, 0.717) is 0 Å². The first-order valence-electron chi connectivity index (χ1n) is 0.535. The lowest BCUT2D eigenvalue weighted by Crippen LogP contribution is -1.36. The molecule has 26 valence electrons. The van der Waals surface area contributed by atoms with E-state index in [0.717, 1.165) is 0 Å². The topological polar surface area (TPSA) is 0 Å². The first-order valence-corrected chi connectivity index (χ1v) is 4.81. The van der Waals surface area contributed by atoms with Gasteiger partial charge in [-0.3, -0.25) is 0 Å². The molecule has 0 aromatic heterocycles. The molecule has 0 aliphatic rings. The molecule has 0 fully saturated rings. The van der Waals surface area contributed by atoms with Gasteiger partial charge in [0.1, 0.15) is 0 Å². The Bertz CT molecular complexity index is 6.00. The van der Waals surface area contributed by atoms with E-state index in [1.54, 1.807) is 0 Å². The normalized spacial score (nSPS) is 4.50. The summed E-state index contributed by atoms with van der Waals surface area (Å²) in [5.41, 5.74) is 0. The van der Waals surface area contributed by atoms with Gasteiger partial charge in [0.15, 0.2) is 0 Å². The SMILES string of the molecule is B.Cl[SiH2]Cl. The van der Waals surface area contributed by atoms with Crippen molar-refractivity contribution in [3.05, 3.63) is 0 Å². The fourth-order valence-electron chi connectivity index (χ4n) is 0. The predicted octanol–water partition coefficient (Wildman–Crippen LogP) is -0.721. The van der Waals surface area contributed by atoms with Gasteiger partial charge in [-0.15, -0.1) is 0 Å². The van der Waals surface area contributed by atoms with E-state index in [1.807, 2.05) is 0 Å². The lowest BCUT2D eigenvalue weighted by Gasteiger charge is -1.39. The first-order chi connectivity index (χ1) is 1.41. The second-order valence-corrected chi connectivity index (χ2v) is 2.73. The average molecular weight is 115 g/mol. The fraction of sp³-hybridized carbons (Fsp3) is 0. The third-order valence-electron chi connectivity index (χ3n) is 0. The van der Waals surface area contributed by atoms with Crippen LogP contribution < -0.4 is 0 Å².